The van der Waals surface area contributed by atoms with Crippen molar-refractivity contribution in [1.29, 1.82) is 0 Å². The molecule has 0 aliphatic heterocycles. The van der Waals surface area contributed by atoms with Crippen LogP contribution >= 0.6 is 46.4 Å². The molecular formula is C28H14Cl4O4. The van der Waals surface area contributed by atoms with Crippen LogP contribution in [0.3, 0.4) is 0 Å². The van der Waals surface area contributed by atoms with Gasteiger partial charge in [-0.05, 0) is 48.5 Å². The molecule has 4 nitrogen and oxygen atoms in total. The molecule has 0 saturated carbocycles. The SMILES string of the molecule is O=Cc1ccc(C(=O)c2cccc(C(=O)c3cccc(C(=O)c4ccccc4Cl)c3Cl)c2Cl)cc1Cl. The smallest absolute Gasteiger partial charge is 0.196 e. The van der Waals surface area contributed by atoms with Gasteiger partial charge in [0, 0.05) is 38.9 Å². The quantitative estimate of drug-likeness (QED) is 0.172. The Morgan fingerprint density at radius 1 is 0.528 bits per heavy atom. The molecule has 8 heteroatoms. The highest BCUT2D eigenvalue weighted by molar-refractivity contribution is 6.42. The minimum atomic E-state index is -0.567. The molecule has 4 aromatic rings. The van der Waals surface area contributed by atoms with Crippen LogP contribution in [0.2, 0.25) is 20.1 Å². The van der Waals surface area contributed by atoms with Gasteiger partial charge in [-0.1, -0.05) is 76.7 Å². The van der Waals surface area contributed by atoms with Crippen molar-refractivity contribution < 1.29 is 19.2 Å². The zero-order chi connectivity index (χ0) is 26.0. The van der Waals surface area contributed by atoms with Crippen LogP contribution in [0.5, 0.6) is 0 Å². The molecule has 36 heavy (non-hydrogen) atoms. The van der Waals surface area contributed by atoms with Crippen LogP contribution in [0.15, 0.2) is 78.9 Å². The van der Waals surface area contributed by atoms with Crippen molar-refractivity contribution in [3.63, 3.8) is 0 Å². The summed E-state index contributed by atoms with van der Waals surface area (Å²) in [5, 5.41) is 0.232. The van der Waals surface area contributed by atoms with E-state index in [1.807, 2.05) is 0 Å². The fraction of sp³-hybridized carbons (Fsp3) is 0. The first kappa shape index (κ1) is 25.8. The van der Waals surface area contributed by atoms with E-state index in [4.69, 9.17) is 46.4 Å². The number of aldehydes is 1. The zero-order valence-electron chi connectivity index (χ0n) is 18.2. The molecule has 0 unspecified atom stereocenters. The standard InChI is InChI=1S/C28H14Cl4O4/c29-22-10-2-1-5-17(22)27(35)19-7-4-9-21(25(19)32)28(36)20-8-3-6-18(24(20)31)26(34)15-11-12-16(14-33)23(30)13-15/h1-14H. The van der Waals surface area contributed by atoms with Gasteiger partial charge in [-0.25, -0.2) is 0 Å². The van der Waals surface area contributed by atoms with Crippen molar-refractivity contribution in [3.05, 3.63) is 138 Å². The Morgan fingerprint density at radius 2 is 1.00 bits per heavy atom. The van der Waals surface area contributed by atoms with E-state index >= 15 is 0 Å². The average molecular weight is 556 g/mol. The Hall–Kier alpha value is -3.28. The summed E-state index contributed by atoms with van der Waals surface area (Å²) in [6, 6.07) is 19.7. The van der Waals surface area contributed by atoms with Gasteiger partial charge < -0.3 is 0 Å². The highest BCUT2D eigenvalue weighted by atomic mass is 35.5. The maximum atomic E-state index is 13.4. The number of carbonyl (C=O) groups excluding carboxylic acids is 4. The van der Waals surface area contributed by atoms with Gasteiger partial charge in [-0.3, -0.25) is 19.2 Å². The molecule has 0 fully saturated rings. The number of carbonyl (C=O) groups is 4. The molecule has 4 aromatic carbocycles. The average Bonchev–Trinajstić information content (AvgIpc) is 2.88. The van der Waals surface area contributed by atoms with Crippen LogP contribution < -0.4 is 0 Å². The molecule has 0 heterocycles. The Labute approximate surface area is 226 Å². The minimum Gasteiger partial charge on any atom is -0.298 e. The van der Waals surface area contributed by atoms with Crippen LogP contribution in [-0.4, -0.2) is 23.6 Å². The lowest BCUT2D eigenvalue weighted by Crippen LogP contribution is -2.10. The second-order valence-corrected chi connectivity index (χ2v) is 9.23. The van der Waals surface area contributed by atoms with E-state index in [2.05, 4.69) is 0 Å². The lowest BCUT2D eigenvalue weighted by molar-refractivity contribution is 0.103. The summed E-state index contributed by atoms with van der Waals surface area (Å²) in [5.74, 6) is -1.49. The number of halogens is 4. The number of ketones is 3. The molecule has 0 aromatic heterocycles. The van der Waals surface area contributed by atoms with Gasteiger partial charge >= 0.3 is 0 Å². The van der Waals surface area contributed by atoms with Crippen molar-refractivity contribution in [2.45, 2.75) is 0 Å². The largest absolute Gasteiger partial charge is 0.298 e. The van der Waals surface area contributed by atoms with E-state index in [0.717, 1.165) is 0 Å². The molecular weight excluding hydrogens is 542 g/mol. The third-order valence-electron chi connectivity index (χ3n) is 5.48. The van der Waals surface area contributed by atoms with Gasteiger partial charge in [-0.15, -0.1) is 0 Å². The lowest BCUT2D eigenvalue weighted by atomic mass is 9.94. The predicted molar refractivity (Wildman–Crippen MR) is 141 cm³/mol. The lowest BCUT2D eigenvalue weighted by Gasteiger charge is -2.12. The molecule has 0 spiro atoms. The molecule has 4 rings (SSSR count). The molecule has 0 amide bonds. The van der Waals surface area contributed by atoms with Gasteiger partial charge in [0.05, 0.1) is 20.1 Å². The fourth-order valence-electron chi connectivity index (χ4n) is 3.62. The van der Waals surface area contributed by atoms with Crippen molar-refractivity contribution in [2.24, 2.45) is 0 Å². The highest BCUT2D eigenvalue weighted by Gasteiger charge is 2.24. The third kappa shape index (κ3) is 4.86. The van der Waals surface area contributed by atoms with E-state index in [1.54, 1.807) is 24.3 Å². The first-order chi connectivity index (χ1) is 17.2. The first-order valence-electron chi connectivity index (χ1n) is 10.4. The normalized spacial score (nSPS) is 10.7. The van der Waals surface area contributed by atoms with Crippen LogP contribution in [-0.2, 0) is 0 Å². The number of rotatable bonds is 7. The van der Waals surface area contributed by atoms with E-state index in [9.17, 15) is 19.2 Å². The summed E-state index contributed by atoms with van der Waals surface area (Å²) in [4.78, 5) is 50.6. The van der Waals surface area contributed by atoms with E-state index in [0.29, 0.717) is 6.29 Å². The van der Waals surface area contributed by atoms with Crippen molar-refractivity contribution in [1.82, 2.24) is 0 Å². The first-order valence-corrected chi connectivity index (χ1v) is 12.0. The van der Waals surface area contributed by atoms with Gasteiger partial charge in [-0.2, -0.15) is 0 Å². The number of benzene rings is 4. The Bertz CT molecular complexity index is 1560. The van der Waals surface area contributed by atoms with Crippen LogP contribution in [0.1, 0.15) is 58.1 Å². The third-order valence-corrected chi connectivity index (χ3v) is 6.96. The highest BCUT2D eigenvalue weighted by Crippen LogP contribution is 2.31. The van der Waals surface area contributed by atoms with Crippen molar-refractivity contribution in [3.8, 4) is 0 Å². The summed E-state index contributed by atoms with van der Waals surface area (Å²) in [6.07, 6.45) is 0.581. The maximum absolute atomic E-state index is 13.4. The molecule has 0 aliphatic carbocycles. The summed E-state index contributed by atoms with van der Waals surface area (Å²) in [7, 11) is 0. The molecule has 0 atom stereocenters. The van der Waals surface area contributed by atoms with Crippen molar-refractivity contribution in [2.75, 3.05) is 0 Å². The summed E-state index contributed by atoms with van der Waals surface area (Å²) < 4.78 is 0. The second-order valence-electron chi connectivity index (χ2n) is 7.66. The Balaban J connectivity index is 1.73. The molecule has 0 bridgehead atoms. The van der Waals surface area contributed by atoms with Gasteiger partial charge in [0.25, 0.3) is 0 Å². The maximum Gasteiger partial charge on any atom is 0.196 e. The van der Waals surface area contributed by atoms with E-state index in [-0.39, 0.29) is 59.0 Å². The van der Waals surface area contributed by atoms with E-state index < -0.39 is 17.3 Å². The minimum absolute atomic E-state index is 0.0300. The summed E-state index contributed by atoms with van der Waals surface area (Å²) in [6.45, 7) is 0. The molecule has 0 N–H and O–H groups in total. The van der Waals surface area contributed by atoms with Gasteiger partial charge in [0.15, 0.2) is 23.6 Å². The number of hydrogen-bond donors (Lipinski definition) is 0. The molecule has 0 aliphatic rings. The van der Waals surface area contributed by atoms with E-state index in [1.165, 1.54) is 54.6 Å². The predicted octanol–water partition coefficient (Wildman–Crippen LogP) is 7.81. The van der Waals surface area contributed by atoms with Gasteiger partial charge in [0.2, 0.25) is 0 Å². The molecule has 0 saturated heterocycles. The van der Waals surface area contributed by atoms with Crippen LogP contribution in [0.4, 0.5) is 0 Å². The van der Waals surface area contributed by atoms with Crippen LogP contribution in [0.25, 0.3) is 0 Å². The Kier molecular flexibility index (Phi) is 7.72. The topological polar surface area (TPSA) is 68.3 Å². The monoisotopic (exact) mass is 554 g/mol. The second kappa shape index (κ2) is 10.8. The summed E-state index contributed by atoms with van der Waals surface area (Å²) >= 11 is 25.2. The fourth-order valence-corrected chi connectivity index (χ4v) is 4.66. The van der Waals surface area contributed by atoms with Crippen molar-refractivity contribution >= 4 is 70.0 Å². The summed E-state index contributed by atoms with van der Waals surface area (Å²) in [5.41, 5.74) is 0.921. The number of hydrogen-bond acceptors (Lipinski definition) is 4. The molecule has 0 radical (unpaired) electrons. The Morgan fingerprint density at radius 3 is 1.50 bits per heavy atom. The molecule has 178 valence electrons. The zero-order valence-corrected chi connectivity index (χ0v) is 21.3. The van der Waals surface area contributed by atoms with Gasteiger partial charge in [0.1, 0.15) is 0 Å². The van der Waals surface area contributed by atoms with Crippen LogP contribution in [0, 0.1) is 0 Å².